The summed E-state index contributed by atoms with van der Waals surface area (Å²) < 4.78 is 0. The van der Waals surface area contributed by atoms with Gasteiger partial charge in [0.25, 0.3) is 0 Å². The van der Waals surface area contributed by atoms with Crippen molar-refractivity contribution in [3.63, 3.8) is 0 Å². The third-order valence-corrected chi connectivity index (χ3v) is 4.14. The number of rotatable bonds is 3. The number of allylic oxidation sites excluding steroid dienone is 1. The van der Waals surface area contributed by atoms with E-state index < -0.39 is 0 Å². The van der Waals surface area contributed by atoms with Crippen molar-refractivity contribution in [1.29, 1.82) is 0 Å². The molecule has 2 N–H and O–H groups in total. The topological polar surface area (TPSA) is 26.0 Å². The second kappa shape index (κ2) is 5.71. The molecule has 0 aromatic heterocycles. The Hall–Kier alpha value is -1.08. The van der Waals surface area contributed by atoms with Crippen molar-refractivity contribution < 1.29 is 0 Å². The molecule has 98 valence electrons. The zero-order chi connectivity index (χ0) is 13.0. The standard InChI is InChI=1S/C17H25N/c1-3-8-16-14(2)9-7-10-15(16)13-17(18)11-5-4-6-12-17/h3,7-10H,4-6,11-13,18H2,1-2H3/b8-3-. The Morgan fingerprint density at radius 3 is 2.61 bits per heavy atom. The lowest BCUT2D eigenvalue weighted by molar-refractivity contribution is 0.294. The molecule has 0 radical (unpaired) electrons. The normalized spacial score (nSPS) is 19.3. The van der Waals surface area contributed by atoms with Crippen LogP contribution >= 0.6 is 0 Å². The first kappa shape index (κ1) is 13.4. The number of hydrogen-bond acceptors (Lipinski definition) is 1. The quantitative estimate of drug-likeness (QED) is 0.844. The molecule has 0 atom stereocenters. The Balaban J connectivity index is 2.25. The molecular formula is C17H25N. The third-order valence-electron chi connectivity index (χ3n) is 4.14. The fourth-order valence-corrected chi connectivity index (χ4v) is 3.11. The summed E-state index contributed by atoms with van der Waals surface area (Å²) in [4.78, 5) is 0. The van der Waals surface area contributed by atoms with Gasteiger partial charge in [-0.2, -0.15) is 0 Å². The highest BCUT2D eigenvalue weighted by Crippen LogP contribution is 2.30. The van der Waals surface area contributed by atoms with Crippen molar-refractivity contribution in [2.45, 2.75) is 57.9 Å². The summed E-state index contributed by atoms with van der Waals surface area (Å²) >= 11 is 0. The summed E-state index contributed by atoms with van der Waals surface area (Å²) in [6.07, 6.45) is 11.7. The average molecular weight is 243 g/mol. The first-order valence-electron chi connectivity index (χ1n) is 7.15. The van der Waals surface area contributed by atoms with Crippen LogP contribution in [0.5, 0.6) is 0 Å². The molecule has 1 aromatic rings. The molecular weight excluding hydrogens is 218 g/mol. The van der Waals surface area contributed by atoms with Crippen LogP contribution in [0.4, 0.5) is 0 Å². The molecule has 1 saturated carbocycles. The molecule has 0 bridgehead atoms. The summed E-state index contributed by atoms with van der Waals surface area (Å²) in [5.41, 5.74) is 10.7. The predicted octanol–water partition coefficient (Wildman–Crippen LogP) is 4.23. The Bertz CT molecular complexity index is 425. The molecule has 1 aliphatic carbocycles. The van der Waals surface area contributed by atoms with Crippen LogP contribution in [0.25, 0.3) is 6.08 Å². The maximum atomic E-state index is 6.58. The van der Waals surface area contributed by atoms with Crippen molar-refractivity contribution in [1.82, 2.24) is 0 Å². The van der Waals surface area contributed by atoms with E-state index in [1.54, 1.807) is 0 Å². The van der Waals surface area contributed by atoms with Gasteiger partial charge in [0.15, 0.2) is 0 Å². The minimum absolute atomic E-state index is 0.0301. The van der Waals surface area contributed by atoms with Crippen molar-refractivity contribution in [2.75, 3.05) is 0 Å². The molecule has 0 saturated heterocycles. The molecule has 1 nitrogen and oxygen atoms in total. The van der Waals surface area contributed by atoms with Crippen LogP contribution in [-0.4, -0.2) is 5.54 Å². The molecule has 0 heterocycles. The second-order valence-electron chi connectivity index (χ2n) is 5.75. The highest BCUT2D eigenvalue weighted by atomic mass is 14.7. The van der Waals surface area contributed by atoms with Crippen LogP contribution in [0, 0.1) is 6.92 Å². The van der Waals surface area contributed by atoms with Crippen molar-refractivity contribution in [3.05, 3.63) is 41.0 Å². The van der Waals surface area contributed by atoms with Crippen molar-refractivity contribution >= 4 is 6.08 Å². The van der Waals surface area contributed by atoms with E-state index in [0.717, 1.165) is 6.42 Å². The summed E-state index contributed by atoms with van der Waals surface area (Å²) in [6.45, 7) is 4.26. The van der Waals surface area contributed by atoms with Crippen molar-refractivity contribution in [3.8, 4) is 0 Å². The van der Waals surface area contributed by atoms with E-state index in [9.17, 15) is 0 Å². The Labute approximate surface area is 111 Å². The number of aryl methyl sites for hydroxylation is 1. The van der Waals surface area contributed by atoms with Gasteiger partial charge < -0.3 is 5.73 Å². The predicted molar refractivity (Wildman–Crippen MR) is 79.6 cm³/mol. The van der Waals surface area contributed by atoms with E-state index in [0.29, 0.717) is 0 Å². The molecule has 18 heavy (non-hydrogen) atoms. The van der Waals surface area contributed by atoms with Gasteiger partial charge in [0.2, 0.25) is 0 Å². The van der Waals surface area contributed by atoms with E-state index in [2.05, 4.69) is 44.2 Å². The van der Waals surface area contributed by atoms with Crippen LogP contribution in [0.3, 0.4) is 0 Å². The van der Waals surface area contributed by atoms with Crippen LogP contribution in [0.2, 0.25) is 0 Å². The zero-order valence-electron chi connectivity index (χ0n) is 11.7. The van der Waals surface area contributed by atoms with E-state index in [1.807, 2.05) is 0 Å². The van der Waals surface area contributed by atoms with Crippen LogP contribution in [-0.2, 0) is 6.42 Å². The van der Waals surface area contributed by atoms with Crippen molar-refractivity contribution in [2.24, 2.45) is 5.73 Å². The van der Waals surface area contributed by atoms with Gasteiger partial charge in [-0.25, -0.2) is 0 Å². The number of nitrogens with two attached hydrogens (primary N) is 1. The summed E-state index contributed by atoms with van der Waals surface area (Å²) in [6, 6.07) is 6.58. The van der Waals surface area contributed by atoms with E-state index in [-0.39, 0.29) is 5.54 Å². The van der Waals surface area contributed by atoms with Gasteiger partial charge in [0.05, 0.1) is 0 Å². The molecule has 1 aromatic carbocycles. The summed E-state index contributed by atoms with van der Waals surface area (Å²) in [5.74, 6) is 0. The maximum absolute atomic E-state index is 6.58. The van der Waals surface area contributed by atoms with Gasteiger partial charge in [-0.1, -0.05) is 49.6 Å². The number of benzene rings is 1. The van der Waals surface area contributed by atoms with Crippen LogP contribution in [0.15, 0.2) is 24.3 Å². The highest BCUT2D eigenvalue weighted by Gasteiger charge is 2.28. The van der Waals surface area contributed by atoms with Gasteiger partial charge in [-0.15, -0.1) is 0 Å². The van der Waals surface area contributed by atoms with Crippen LogP contribution in [0.1, 0.15) is 55.7 Å². The highest BCUT2D eigenvalue weighted by molar-refractivity contribution is 5.58. The lowest BCUT2D eigenvalue weighted by atomic mass is 9.77. The van der Waals surface area contributed by atoms with Gasteiger partial charge in [0, 0.05) is 5.54 Å². The molecule has 1 aliphatic rings. The molecule has 0 amide bonds. The van der Waals surface area contributed by atoms with Crippen LogP contribution < -0.4 is 5.73 Å². The number of hydrogen-bond donors (Lipinski definition) is 1. The van der Waals surface area contributed by atoms with Gasteiger partial charge >= 0.3 is 0 Å². The molecule has 0 aliphatic heterocycles. The molecule has 0 spiro atoms. The zero-order valence-corrected chi connectivity index (χ0v) is 11.7. The summed E-state index contributed by atoms with van der Waals surface area (Å²) in [7, 11) is 0. The second-order valence-corrected chi connectivity index (χ2v) is 5.75. The molecule has 1 fully saturated rings. The Morgan fingerprint density at radius 2 is 1.94 bits per heavy atom. The fourth-order valence-electron chi connectivity index (χ4n) is 3.11. The Morgan fingerprint density at radius 1 is 1.22 bits per heavy atom. The van der Waals surface area contributed by atoms with E-state index >= 15 is 0 Å². The minimum Gasteiger partial charge on any atom is -0.325 e. The molecule has 2 rings (SSSR count). The SMILES string of the molecule is C/C=C\c1c(C)cccc1CC1(N)CCCCC1. The van der Waals surface area contributed by atoms with E-state index in [1.165, 1.54) is 48.8 Å². The Kier molecular flexibility index (Phi) is 4.23. The molecule has 0 unspecified atom stereocenters. The monoisotopic (exact) mass is 243 g/mol. The fraction of sp³-hybridized carbons (Fsp3) is 0.529. The van der Waals surface area contributed by atoms with Gasteiger partial charge in [0.1, 0.15) is 0 Å². The third kappa shape index (κ3) is 3.02. The maximum Gasteiger partial charge on any atom is 0.0195 e. The smallest absolute Gasteiger partial charge is 0.0195 e. The van der Waals surface area contributed by atoms with Gasteiger partial charge in [-0.05, 0) is 49.8 Å². The lowest BCUT2D eigenvalue weighted by Crippen LogP contribution is -2.43. The minimum atomic E-state index is 0.0301. The molecule has 1 heteroatoms. The summed E-state index contributed by atoms with van der Waals surface area (Å²) in [5, 5.41) is 0. The largest absolute Gasteiger partial charge is 0.325 e. The van der Waals surface area contributed by atoms with E-state index in [4.69, 9.17) is 5.73 Å². The average Bonchev–Trinajstić information content (AvgIpc) is 2.34. The lowest BCUT2D eigenvalue weighted by Gasteiger charge is -2.34. The van der Waals surface area contributed by atoms with Gasteiger partial charge in [-0.3, -0.25) is 0 Å². The first-order chi connectivity index (χ1) is 8.64. The first-order valence-corrected chi connectivity index (χ1v) is 7.15.